The highest BCUT2D eigenvalue weighted by molar-refractivity contribution is 7.98. The number of aromatic carboxylic acids is 1. The Morgan fingerprint density at radius 3 is 2.81 bits per heavy atom. The Hall–Kier alpha value is -1.82. The molecular formula is C10H8N2O3S. The summed E-state index contributed by atoms with van der Waals surface area (Å²) >= 11 is 1.29. The average molecular weight is 236 g/mol. The van der Waals surface area contributed by atoms with Crippen molar-refractivity contribution in [2.75, 3.05) is 0 Å². The van der Waals surface area contributed by atoms with Gasteiger partial charge in [-0.2, -0.15) is 0 Å². The number of carboxylic acid groups (broad SMARTS) is 1. The standard InChI is InChI=1S/C10H8N2O3S/c13-10(14)8-9(11-12-15-8)16-6-7-4-2-1-3-5-7/h1-5H,6H2,(H,13,14). The van der Waals surface area contributed by atoms with Crippen molar-refractivity contribution in [1.29, 1.82) is 0 Å². The number of aromatic nitrogens is 2. The summed E-state index contributed by atoms with van der Waals surface area (Å²) in [5.74, 6) is -0.725. The SMILES string of the molecule is O=C(O)c1onnc1SCc1ccccc1. The normalized spacial score (nSPS) is 10.2. The predicted molar refractivity (Wildman–Crippen MR) is 57.3 cm³/mol. The van der Waals surface area contributed by atoms with Gasteiger partial charge in [0, 0.05) is 11.0 Å². The molecule has 1 aromatic heterocycles. The number of rotatable bonds is 4. The first kappa shape index (κ1) is 10.7. The molecule has 1 heterocycles. The summed E-state index contributed by atoms with van der Waals surface area (Å²) in [6.07, 6.45) is 0. The molecule has 0 fully saturated rings. The summed E-state index contributed by atoms with van der Waals surface area (Å²) in [4.78, 5) is 10.7. The topological polar surface area (TPSA) is 76.2 Å². The lowest BCUT2D eigenvalue weighted by atomic mass is 10.2. The Kier molecular flexibility index (Phi) is 3.21. The molecule has 6 heteroatoms. The van der Waals surface area contributed by atoms with E-state index in [0.717, 1.165) is 5.56 Å². The van der Waals surface area contributed by atoms with Crippen LogP contribution in [-0.4, -0.2) is 21.4 Å². The molecule has 0 bridgehead atoms. The van der Waals surface area contributed by atoms with Crippen LogP contribution in [0.3, 0.4) is 0 Å². The first-order valence-electron chi connectivity index (χ1n) is 4.50. The van der Waals surface area contributed by atoms with Crippen LogP contribution in [0.1, 0.15) is 16.1 Å². The minimum Gasteiger partial charge on any atom is -0.475 e. The summed E-state index contributed by atoms with van der Waals surface area (Å²) in [7, 11) is 0. The Labute approximate surface area is 95.5 Å². The zero-order valence-corrected chi connectivity index (χ0v) is 8.98. The van der Waals surface area contributed by atoms with E-state index in [4.69, 9.17) is 5.11 Å². The monoisotopic (exact) mass is 236 g/mol. The highest BCUT2D eigenvalue weighted by atomic mass is 32.2. The molecule has 0 saturated carbocycles. The lowest BCUT2D eigenvalue weighted by molar-refractivity contribution is 0.0646. The van der Waals surface area contributed by atoms with Gasteiger partial charge in [-0.05, 0) is 5.56 Å². The van der Waals surface area contributed by atoms with E-state index in [2.05, 4.69) is 14.9 Å². The van der Waals surface area contributed by atoms with Crippen LogP contribution in [0.4, 0.5) is 0 Å². The highest BCUT2D eigenvalue weighted by Gasteiger charge is 2.17. The van der Waals surface area contributed by atoms with Crippen molar-refractivity contribution in [3.63, 3.8) is 0 Å². The minimum atomic E-state index is -1.15. The minimum absolute atomic E-state index is 0.207. The molecule has 0 saturated heterocycles. The Balaban J connectivity index is 2.05. The molecule has 16 heavy (non-hydrogen) atoms. The van der Waals surface area contributed by atoms with Gasteiger partial charge in [-0.3, -0.25) is 0 Å². The molecule has 1 N–H and O–H groups in total. The molecule has 5 nitrogen and oxygen atoms in total. The molecule has 0 aliphatic heterocycles. The van der Waals surface area contributed by atoms with E-state index in [1.54, 1.807) is 0 Å². The van der Waals surface area contributed by atoms with E-state index >= 15 is 0 Å². The van der Waals surface area contributed by atoms with Crippen LogP contribution in [0.5, 0.6) is 0 Å². The van der Waals surface area contributed by atoms with Gasteiger partial charge in [0.05, 0.1) is 0 Å². The van der Waals surface area contributed by atoms with Gasteiger partial charge >= 0.3 is 5.97 Å². The van der Waals surface area contributed by atoms with Crippen molar-refractivity contribution in [2.45, 2.75) is 10.8 Å². The van der Waals surface area contributed by atoms with Crippen molar-refractivity contribution in [1.82, 2.24) is 10.4 Å². The van der Waals surface area contributed by atoms with Gasteiger partial charge in [-0.25, -0.2) is 4.79 Å². The van der Waals surface area contributed by atoms with Gasteiger partial charge in [0.1, 0.15) is 0 Å². The van der Waals surface area contributed by atoms with Crippen LogP contribution >= 0.6 is 11.8 Å². The average Bonchev–Trinajstić information content (AvgIpc) is 2.76. The van der Waals surface area contributed by atoms with Crippen LogP contribution < -0.4 is 0 Å². The van der Waals surface area contributed by atoms with Crippen molar-refractivity contribution in [3.05, 3.63) is 41.7 Å². The van der Waals surface area contributed by atoms with Gasteiger partial charge in [-0.1, -0.05) is 42.1 Å². The van der Waals surface area contributed by atoms with E-state index in [9.17, 15) is 4.79 Å². The first-order valence-corrected chi connectivity index (χ1v) is 5.48. The predicted octanol–water partition coefficient (Wildman–Crippen LogP) is 2.06. The Bertz CT molecular complexity index is 484. The van der Waals surface area contributed by atoms with Crippen molar-refractivity contribution in [3.8, 4) is 0 Å². The summed E-state index contributed by atoms with van der Waals surface area (Å²) in [6, 6.07) is 9.69. The van der Waals surface area contributed by atoms with Crippen LogP contribution in [0.15, 0.2) is 39.9 Å². The molecule has 0 aliphatic carbocycles. The Morgan fingerprint density at radius 2 is 2.12 bits per heavy atom. The number of benzene rings is 1. The number of nitrogens with zero attached hydrogens (tertiary/aromatic N) is 2. The fraction of sp³-hybridized carbons (Fsp3) is 0.100. The third kappa shape index (κ3) is 2.40. The third-order valence-electron chi connectivity index (χ3n) is 1.87. The third-order valence-corrected chi connectivity index (χ3v) is 2.89. The van der Waals surface area contributed by atoms with E-state index in [-0.39, 0.29) is 5.76 Å². The molecule has 2 aromatic rings. The molecule has 2 rings (SSSR count). The number of carbonyl (C=O) groups is 1. The fourth-order valence-corrected chi connectivity index (χ4v) is 1.98. The smallest absolute Gasteiger partial charge is 0.377 e. The summed E-state index contributed by atoms with van der Waals surface area (Å²) in [6.45, 7) is 0. The van der Waals surface area contributed by atoms with Crippen molar-refractivity contribution >= 4 is 17.7 Å². The summed E-state index contributed by atoms with van der Waals surface area (Å²) < 4.78 is 4.53. The molecule has 0 atom stereocenters. The van der Waals surface area contributed by atoms with Crippen LogP contribution in [0, 0.1) is 0 Å². The number of thioether (sulfide) groups is 1. The molecule has 0 unspecified atom stereocenters. The van der Waals surface area contributed by atoms with E-state index in [0.29, 0.717) is 10.8 Å². The molecule has 0 radical (unpaired) electrons. The molecule has 1 aromatic carbocycles. The largest absolute Gasteiger partial charge is 0.475 e. The highest BCUT2D eigenvalue weighted by Crippen LogP contribution is 2.23. The summed E-state index contributed by atoms with van der Waals surface area (Å²) in [5, 5.41) is 15.9. The number of hydrogen-bond donors (Lipinski definition) is 1. The van der Waals surface area contributed by atoms with Gasteiger partial charge in [0.15, 0.2) is 5.03 Å². The summed E-state index contributed by atoms with van der Waals surface area (Å²) in [5.41, 5.74) is 1.09. The second kappa shape index (κ2) is 4.80. The van der Waals surface area contributed by atoms with Crippen LogP contribution in [0.25, 0.3) is 0 Å². The maximum Gasteiger partial charge on any atom is 0.377 e. The number of carboxylic acids is 1. The number of hydrogen-bond acceptors (Lipinski definition) is 5. The molecule has 0 aliphatic rings. The second-order valence-electron chi connectivity index (χ2n) is 2.99. The van der Waals surface area contributed by atoms with Gasteiger partial charge in [-0.15, -0.1) is 5.10 Å². The lowest BCUT2D eigenvalue weighted by Gasteiger charge is -1.97. The molecule has 82 valence electrons. The zero-order chi connectivity index (χ0) is 11.4. The molecular weight excluding hydrogens is 228 g/mol. The van der Waals surface area contributed by atoms with Crippen molar-refractivity contribution < 1.29 is 14.4 Å². The Morgan fingerprint density at radius 1 is 1.38 bits per heavy atom. The van der Waals surface area contributed by atoms with E-state index in [1.165, 1.54) is 11.8 Å². The molecule has 0 spiro atoms. The quantitative estimate of drug-likeness (QED) is 0.819. The maximum absolute atomic E-state index is 10.7. The second-order valence-corrected chi connectivity index (χ2v) is 3.95. The van der Waals surface area contributed by atoms with Crippen LogP contribution in [-0.2, 0) is 5.75 Å². The molecule has 0 amide bonds. The van der Waals surface area contributed by atoms with Gasteiger partial charge < -0.3 is 9.63 Å². The van der Waals surface area contributed by atoms with Crippen molar-refractivity contribution in [2.24, 2.45) is 0 Å². The fourth-order valence-electron chi connectivity index (χ4n) is 1.13. The maximum atomic E-state index is 10.7. The first-order chi connectivity index (χ1) is 7.77. The lowest BCUT2D eigenvalue weighted by Crippen LogP contribution is -1.95. The van der Waals surface area contributed by atoms with E-state index < -0.39 is 5.97 Å². The van der Waals surface area contributed by atoms with E-state index in [1.807, 2.05) is 30.3 Å². The van der Waals surface area contributed by atoms with Crippen LogP contribution in [0.2, 0.25) is 0 Å². The van der Waals surface area contributed by atoms with Gasteiger partial charge in [0.25, 0.3) is 5.76 Å². The zero-order valence-electron chi connectivity index (χ0n) is 8.16. The van der Waals surface area contributed by atoms with Gasteiger partial charge in [0.2, 0.25) is 0 Å².